The molecule has 138 valence electrons. The lowest BCUT2D eigenvalue weighted by Crippen LogP contribution is -2.58. The molecular formula is C21H44NO+. The van der Waals surface area contributed by atoms with Crippen molar-refractivity contribution in [3.8, 4) is 0 Å². The van der Waals surface area contributed by atoms with E-state index in [1.807, 2.05) is 0 Å². The third kappa shape index (κ3) is 6.58. The summed E-state index contributed by atoms with van der Waals surface area (Å²) in [5.74, 6) is 0. The fourth-order valence-corrected chi connectivity index (χ4v) is 3.44. The van der Waals surface area contributed by atoms with Crippen LogP contribution < -0.4 is 0 Å². The van der Waals surface area contributed by atoms with E-state index < -0.39 is 0 Å². The van der Waals surface area contributed by atoms with Crippen LogP contribution >= 0.6 is 0 Å². The Kier molecular flexibility index (Phi) is 8.04. The van der Waals surface area contributed by atoms with Gasteiger partial charge >= 0.3 is 0 Å². The first-order chi connectivity index (χ1) is 10.2. The van der Waals surface area contributed by atoms with Crippen LogP contribution in [0.3, 0.4) is 0 Å². The van der Waals surface area contributed by atoms with Crippen molar-refractivity contribution in [3.63, 3.8) is 0 Å². The van der Waals surface area contributed by atoms with Gasteiger partial charge in [0.15, 0.2) is 0 Å². The minimum Gasteiger partial charge on any atom is -0.371 e. The Morgan fingerprint density at radius 1 is 0.913 bits per heavy atom. The third-order valence-electron chi connectivity index (χ3n) is 5.75. The van der Waals surface area contributed by atoms with Crippen molar-refractivity contribution >= 4 is 0 Å². The molecular weight excluding hydrogens is 282 g/mol. The molecule has 23 heavy (non-hydrogen) atoms. The van der Waals surface area contributed by atoms with Crippen LogP contribution in [0.1, 0.15) is 88.0 Å². The molecule has 0 aromatic heterocycles. The summed E-state index contributed by atoms with van der Waals surface area (Å²) in [5.41, 5.74) is 2.01. The van der Waals surface area contributed by atoms with Crippen LogP contribution in [0.2, 0.25) is 0 Å². The molecule has 0 heterocycles. The van der Waals surface area contributed by atoms with Crippen molar-refractivity contribution < 1.29 is 9.22 Å². The number of hydrogen-bond acceptors (Lipinski definition) is 1. The van der Waals surface area contributed by atoms with Gasteiger partial charge in [0.1, 0.15) is 11.2 Å². The predicted octanol–water partition coefficient (Wildman–Crippen LogP) is 6.17. The highest BCUT2D eigenvalue weighted by atomic mass is 16.5. The highest BCUT2D eigenvalue weighted by Gasteiger charge is 2.44. The van der Waals surface area contributed by atoms with Gasteiger partial charge in [0.2, 0.25) is 0 Å². The number of ether oxygens (including phenoxy) is 1. The number of quaternary nitrogens is 1. The zero-order valence-corrected chi connectivity index (χ0v) is 18.0. The maximum absolute atomic E-state index is 6.07. The zero-order valence-electron chi connectivity index (χ0n) is 18.0. The van der Waals surface area contributed by atoms with Gasteiger partial charge in [-0.3, -0.25) is 4.48 Å². The van der Waals surface area contributed by atoms with Gasteiger partial charge in [-0.25, -0.2) is 0 Å². The van der Waals surface area contributed by atoms with Gasteiger partial charge in [0.05, 0.1) is 26.3 Å². The van der Waals surface area contributed by atoms with Crippen molar-refractivity contribution in [1.29, 1.82) is 0 Å². The summed E-state index contributed by atoms with van der Waals surface area (Å²) >= 11 is 0. The second-order valence-electron chi connectivity index (χ2n) is 9.51. The lowest BCUT2D eigenvalue weighted by atomic mass is 9.77. The van der Waals surface area contributed by atoms with E-state index in [-0.39, 0.29) is 11.1 Å². The maximum Gasteiger partial charge on any atom is 0.107 e. The minimum absolute atomic E-state index is 0.0358. The quantitative estimate of drug-likeness (QED) is 0.461. The molecule has 2 heteroatoms. The van der Waals surface area contributed by atoms with Crippen molar-refractivity contribution in [3.05, 3.63) is 11.8 Å². The van der Waals surface area contributed by atoms with Crippen molar-refractivity contribution in [2.75, 3.05) is 20.7 Å². The Hall–Kier alpha value is -0.340. The van der Waals surface area contributed by atoms with E-state index in [4.69, 9.17) is 4.74 Å². The fourth-order valence-electron chi connectivity index (χ4n) is 3.44. The van der Waals surface area contributed by atoms with Crippen LogP contribution in [0.4, 0.5) is 0 Å². The van der Waals surface area contributed by atoms with Gasteiger partial charge in [-0.1, -0.05) is 41.5 Å². The Labute approximate surface area is 146 Å². The third-order valence-corrected chi connectivity index (χ3v) is 5.75. The van der Waals surface area contributed by atoms with Gasteiger partial charge < -0.3 is 4.74 Å². The molecule has 0 saturated heterocycles. The van der Waals surface area contributed by atoms with Crippen LogP contribution in [0.15, 0.2) is 11.8 Å². The molecule has 1 unspecified atom stereocenters. The SMILES string of the molecule is CC/C(=C\COC(C)(C)CC)[N+](C)(C)C(C)(CC)CC(C)(C)C. The Morgan fingerprint density at radius 3 is 1.78 bits per heavy atom. The molecule has 0 N–H and O–H groups in total. The molecule has 2 nitrogen and oxygen atoms in total. The molecule has 0 rings (SSSR count). The zero-order chi connectivity index (χ0) is 18.5. The van der Waals surface area contributed by atoms with Gasteiger partial charge in [0, 0.05) is 12.8 Å². The topological polar surface area (TPSA) is 9.23 Å². The van der Waals surface area contributed by atoms with Gasteiger partial charge in [-0.05, 0) is 45.1 Å². The summed E-state index contributed by atoms with van der Waals surface area (Å²) in [7, 11) is 4.74. The van der Waals surface area contributed by atoms with Gasteiger partial charge in [-0.2, -0.15) is 0 Å². The monoisotopic (exact) mass is 326 g/mol. The first-order valence-corrected chi connectivity index (χ1v) is 9.42. The summed E-state index contributed by atoms with van der Waals surface area (Å²) in [6.45, 7) is 21.3. The molecule has 0 aromatic carbocycles. The van der Waals surface area contributed by atoms with Crippen molar-refractivity contribution in [2.45, 2.75) is 99.1 Å². The van der Waals surface area contributed by atoms with Crippen LogP contribution in [-0.4, -0.2) is 36.3 Å². The standard InChI is InChI=1S/C21H44NO/c1-12-18(15-16-23-20(7,8)13-2)22(10,11)21(9,14-3)17-19(4,5)6/h15H,12-14,16-17H2,1-11H3/q+1/b18-15+. The Balaban J connectivity index is 5.37. The molecule has 0 saturated carbocycles. The molecule has 0 aromatic rings. The normalized spacial score (nSPS) is 17.3. The number of allylic oxidation sites excluding steroid dienone is 1. The average molecular weight is 327 g/mol. The van der Waals surface area contributed by atoms with E-state index in [1.165, 1.54) is 18.5 Å². The first-order valence-electron chi connectivity index (χ1n) is 9.42. The Morgan fingerprint density at radius 2 is 1.43 bits per heavy atom. The number of nitrogens with zero attached hydrogens (tertiary/aromatic N) is 1. The van der Waals surface area contributed by atoms with Crippen molar-refractivity contribution in [2.24, 2.45) is 5.41 Å². The highest BCUT2D eigenvalue weighted by Crippen LogP contribution is 2.40. The van der Waals surface area contributed by atoms with E-state index in [9.17, 15) is 0 Å². The maximum atomic E-state index is 6.07. The first kappa shape index (κ1) is 22.7. The molecule has 0 amide bonds. The van der Waals surface area contributed by atoms with Gasteiger partial charge in [-0.15, -0.1) is 0 Å². The highest BCUT2D eigenvalue weighted by molar-refractivity contribution is 4.97. The largest absolute Gasteiger partial charge is 0.371 e. The second kappa shape index (κ2) is 8.16. The van der Waals surface area contributed by atoms with Crippen molar-refractivity contribution in [1.82, 2.24) is 0 Å². The summed E-state index contributed by atoms with van der Waals surface area (Å²) in [5, 5.41) is 0. The summed E-state index contributed by atoms with van der Waals surface area (Å²) < 4.78 is 7.02. The summed E-state index contributed by atoms with van der Waals surface area (Å²) in [6.07, 6.45) is 6.83. The van der Waals surface area contributed by atoms with E-state index >= 15 is 0 Å². The molecule has 0 aliphatic carbocycles. The Bertz CT molecular complexity index is 387. The molecule has 0 aliphatic heterocycles. The molecule has 0 aliphatic rings. The molecule has 1 atom stereocenters. The summed E-state index contributed by atoms with van der Waals surface area (Å²) in [6, 6.07) is 0. The molecule has 0 spiro atoms. The minimum atomic E-state index is -0.0358. The lowest BCUT2D eigenvalue weighted by molar-refractivity contribution is -0.908. The van der Waals surface area contributed by atoms with Gasteiger partial charge in [0.25, 0.3) is 0 Å². The molecule has 0 fully saturated rings. The van der Waals surface area contributed by atoms with Crippen LogP contribution in [0, 0.1) is 5.41 Å². The molecule has 0 radical (unpaired) electrons. The predicted molar refractivity (Wildman–Crippen MR) is 104 cm³/mol. The second-order valence-corrected chi connectivity index (χ2v) is 9.51. The average Bonchev–Trinajstić information content (AvgIpc) is 2.41. The van der Waals surface area contributed by atoms with E-state index in [2.05, 4.69) is 82.5 Å². The van der Waals surface area contributed by atoms with Crippen LogP contribution in [-0.2, 0) is 4.74 Å². The van der Waals surface area contributed by atoms with Crippen LogP contribution in [0.5, 0.6) is 0 Å². The lowest BCUT2D eigenvalue weighted by Gasteiger charge is -2.50. The van der Waals surface area contributed by atoms with Crippen LogP contribution in [0.25, 0.3) is 0 Å². The fraction of sp³-hybridized carbons (Fsp3) is 0.905. The summed E-state index contributed by atoms with van der Waals surface area (Å²) in [4.78, 5) is 0. The van der Waals surface area contributed by atoms with E-state index in [1.54, 1.807) is 0 Å². The molecule has 0 bridgehead atoms. The van der Waals surface area contributed by atoms with E-state index in [0.717, 1.165) is 17.3 Å². The smallest absolute Gasteiger partial charge is 0.107 e. The number of rotatable bonds is 9. The number of hydrogen-bond donors (Lipinski definition) is 0. The van der Waals surface area contributed by atoms with E-state index in [0.29, 0.717) is 12.0 Å².